The van der Waals surface area contributed by atoms with Crippen molar-refractivity contribution in [1.29, 1.82) is 0 Å². The van der Waals surface area contributed by atoms with Gasteiger partial charge in [0, 0.05) is 24.7 Å². The number of benzene rings is 1. The van der Waals surface area contributed by atoms with Crippen molar-refractivity contribution in [3.05, 3.63) is 29.8 Å². The van der Waals surface area contributed by atoms with Gasteiger partial charge in [-0.05, 0) is 58.3 Å². The monoisotopic (exact) mass is 291 g/mol. The molecule has 0 aliphatic heterocycles. The van der Waals surface area contributed by atoms with E-state index in [2.05, 4.69) is 31.1 Å². The lowest BCUT2D eigenvalue weighted by Crippen LogP contribution is -2.29. The first-order valence-electron chi connectivity index (χ1n) is 7.81. The highest BCUT2D eigenvalue weighted by molar-refractivity contribution is 5.76. The fraction of sp³-hybridized carbons (Fsp3) is 0.588. The maximum atomic E-state index is 11.8. The molecule has 4 nitrogen and oxygen atoms in total. The van der Waals surface area contributed by atoms with Gasteiger partial charge in [0.1, 0.15) is 0 Å². The minimum absolute atomic E-state index is 0.107. The summed E-state index contributed by atoms with van der Waals surface area (Å²) in [6, 6.07) is 8.29. The second-order valence-electron chi connectivity index (χ2n) is 5.83. The van der Waals surface area contributed by atoms with Gasteiger partial charge in [0.05, 0.1) is 0 Å². The molecule has 0 aliphatic rings. The van der Waals surface area contributed by atoms with Crippen molar-refractivity contribution in [1.82, 2.24) is 10.2 Å². The summed E-state index contributed by atoms with van der Waals surface area (Å²) in [6.45, 7) is 6.22. The summed E-state index contributed by atoms with van der Waals surface area (Å²) >= 11 is 0. The third-order valence-electron chi connectivity index (χ3n) is 3.82. The number of hydrogen-bond donors (Lipinski definition) is 2. The Bertz CT molecular complexity index is 432. The summed E-state index contributed by atoms with van der Waals surface area (Å²) in [5, 5.41) is 2.98. The molecule has 0 unspecified atom stereocenters. The molecule has 118 valence electrons. The fourth-order valence-electron chi connectivity index (χ4n) is 2.07. The molecule has 0 fully saturated rings. The van der Waals surface area contributed by atoms with Gasteiger partial charge >= 0.3 is 0 Å². The molecule has 1 rings (SSSR count). The predicted octanol–water partition coefficient (Wildman–Crippen LogP) is 2.44. The number of rotatable bonds is 9. The Kier molecular flexibility index (Phi) is 7.83. The molecule has 0 aromatic heterocycles. The Labute approximate surface area is 128 Å². The molecule has 0 saturated heterocycles. The zero-order chi connectivity index (χ0) is 15.7. The molecule has 1 aromatic carbocycles. The minimum atomic E-state index is 0.107. The molecule has 0 bridgehead atoms. The molecule has 0 heterocycles. The first kappa shape index (κ1) is 17.5. The number of nitrogens with one attached hydrogen (secondary N) is 1. The van der Waals surface area contributed by atoms with Crippen molar-refractivity contribution >= 4 is 11.6 Å². The molecule has 0 saturated carbocycles. The number of nitrogen functional groups attached to an aromatic ring is 1. The molecule has 3 N–H and O–H groups in total. The van der Waals surface area contributed by atoms with Crippen LogP contribution >= 0.6 is 0 Å². The highest BCUT2D eigenvalue weighted by atomic mass is 16.1. The molecule has 0 aliphatic carbocycles. The predicted molar refractivity (Wildman–Crippen MR) is 89.2 cm³/mol. The number of carbonyl (C=O) groups is 1. The Morgan fingerprint density at radius 1 is 1.29 bits per heavy atom. The van der Waals surface area contributed by atoms with Crippen LogP contribution < -0.4 is 11.1 Å². The van der Waals surface area contributed by atoms with Crippen molar-refractivity contribution in [3.8, 4) is 0 Å². The fourth-order valence-corrected chi connectivity index (χ4v) is 2.07. The Hall–Kier alpha value is -1.55. The number of anilines is 1. The minimum Gasteiger partial charge on any atom is -0.399 e. The molecular formula is C17H29N3O. The van der Waals surface area contributed by atoms with Crippen LogP contribution in [0.1, 0.15) is 38.7 Å². The zero-order valence-electron chi connectivity index (χ0n) is 13.6. The smallest absolute Gasteiger partial charge is 0.220 e. The lowest BCUT2D eigenvalue weighted by molar-refractivity contribution is -0.121. The highest BCUT2D eigenvalue weighted by Gasteiger charge is 2.05. The van der Waals surface area contributed by atoms with Gasteiger partial charge in [-0.3, -0.25) is 4.79 Å². The number of carbonyl (C=O) groups excluding carboxylic acids is 1. The van der Waals surface area contributed by atoms with Gasteiger partial charge in [-0.15, -0.1) is 0 Å². The van der Waals surface area contributed by atoms with E-state index in [1.807, 2.05) is 24.3 Å². The average Bonchev–Trinajstić information content (AvgIpc) is 2.45. The number of amides is 1. The third-order valence-corrected chi connectivity index (χ3v) is 3.82. The van der Waals surface area contributed by atoms with Crippen LogP contribution in [0, 0.1) is 0 Å². The molecular weight excluding hydrogens is 262 g/mol. The van der Waals surface area contributed by atoms with Crippen molar-refractivity contribution in [2.45, 2.75) is 45.6 Å². The van der Waals surface area contributed by atoms with Crippen LogP contribution in [0.2, 0.25) is 0 Å². The number of para-hydroxylation sites is 1. The van der Waals surface area contributed by atoms with E-state index in [4.69, 9.17) is 5.73 Å². The zero-order valence-corrected chi connectivity index (χ0v) is 13.6. The Morgan fingerprint density at radius 2 is 2.00 bits per heavy atom. The van der Waals surface area contributed by atoms with Crippen LogP contribution in [0.5, 0.6) is 0 Å². The lowest BCUT2D eigenvalue weighted by Gasteiger charge is -2.20. The first-order valence-corrected chi connectivity index (χ1v) is 7.81. The first-order chi connectivity index (χ1) is 10.0. The van der Waals surface area contributed by atoms with Crippen molar-refractivity contribution < 1.29 is 4.79 Å². The topological polar surface area (TPSA) is 58.4 Å². The lowest BCUT2D eigenvalue weighted by atomic mass is 10.1. The maximum absolute atomic E-state index is 11.8. The van der Waals surface area contributed by atoms with Gasteiger partial charge in [-0.25, -0.2) is 0 Å². The summed E-state index contributed by atoms with van der Waals surface area (Å²) in [5.41, 5.74) is 7.68. The van der Waals surface area contributed by atoms with Gasteiger partial charge in [0.25, 0.3) is 0 Å². The van der Waals surface area contributed by atoms with Crippen molar-refractivity contribution in [3.63, 3.8) is 0 Å². The second-order valence-corrected chi connectivity index (χ2v) is 5.83. The highest BCUT2D eigenvalue weighted by Crippen LogP contribution is 2.12. The summed E-state index contributed by atoms with van der Waals surface area (Å²) in [5.74, 6) is 0.107. The van der Waals surface area contributed by atoms with Crippen LogP contribution in [0.4, 0.5) is 5.69 Å². The molecule has 1 aromatic rings. The normalized spacial score (nSPS) is 11.1. The third kappa shape index (κ3) is 7.14. The van der Waals surface area contributed by atoms with Crippen LogP contribution in [0.15, 0.2) is 24.3 Å². The summed E-state index contributed by atoms with van der Waals surface area (Å²) in [6.07, 6.45) is 3.34. The van der Waals surface area contributed by atoms with E-state index >= 15 is 0 Å². The average molecular weight is 291 g/mol. The van der Waals surface area contributed by atoms with Crippen LogP contribution in [-0.4, -0.2) is 37.0 Å². The molecule has 0 atom stereocenters. The number of nitrogens with two attached hydrogens (primary N) is 1. The SMILES string of the molecule is CC(C)N(C)CCCCNC(=O)CCc1ccccc1N. The Morgan fingerprint density at radius 3 is 2.67 bits per heavy atom. The standard InChI is InChI=1S/C17H29N3O/c1-14(2)20(3)13-7-6-12-19-17(21)11-10-15-8-4-5-9-16(15)18/h4-5,8-9,14H,6-7,10-13,18H2,1-3H3,(H,19,21). The summed E-state index contributed by atoms with van der Waals surface area (Å²) in [7, 11) is 2.13. The van der Waals surface area contributed by atoms with E-state index < -0.39 is 0 Å². The molecule has 0 radical (unpaired) electrons. The molecule has 1 amide bonds. The molecule has 0 spiro atoms. The van der Waals surface area contributed by atoms with Crippen molar-refractivity contribution in [2.24, 2.45) is 0 Å². The van der Waals surface area contributed by atoms with Crippen LogP contribution in [-0.2, 0) is 11.2 Å². The van der Waals surface area contributed by atoms with Gasteiger partial charge in [0.15, 0.2) is 0 Å². The van der Waals surface area contributed by atoms with E-state index in [0.29, 0.717) is 18.9 Å². The largest absolute Gasteiger partial charge is 0.399 e. The van der Waals surface area contributed by atoms with E-state index in [1.165, 1.54) is 0 Å². The Balaban J connectivity index is 2.11. The van der Waals surface area contributed by atoms with E-state index in [9.17, 15) is 4.79 Å². The van der Waals surface area contributed by atoms with Crippen LogP contribution in [0.3, 0.4) is 0 Å². The van der Waals surface area contributed by atoms with Gasteiger partial charge < -0.3 is 16.0 Å². The molecule has 21 heavy (non-hydrogen) atoms. The van der Waals surface area contributed by atoms with Gasteiger partial charge in [0.2, 0.25) is 5.91 Å². The van der Waals surface area contributed by atoms with E-state index in [-0.39, 0.29) is 5.91 Å². The second kappa shape index (κ2) is 9.40. The number of nitrogens with zero attached hydrogens (tertiary/aromatic N) is 1. The van der Waals surface area contributed by atoms with E-state index in [1.54, 1.807) is 0 Å². The van der Waals surface area contributed by atoms with Crippen molar-refractivity contribution in [2.75, 3.05) is 25.9 Å². The number of aryl methyl sites for hydroxylation is 1. The summed E-state index contributed by atoms with van der Waals surface area (Å²) < 4.78 is 0. The summed E-state index contributed by atoms with van der Waals surface area (Å²) in [4.78, 5) is 14.1. The number of hydrogen-bond acceptors (Lipinski definition) is 3. The quantitative estimate of drug-likeness (QED) is 0.543. The van der Waals surface area contributed by atoms with Crippen LogP contribution in [0.25, 0.3) is 0 Å². The van der Waals surface area contributed by atoms with E-state index in [0.717, 1.165) is 37.2 Å². The number of unbranched alkanes of at least 4 members (excludes halogenated alkanes) is 1. The molecule has 4 heteroatoms. The maximum Gasteiger partial charge on any atom is 0.220 e. The van der Waals surface area contributed by atoms with Gasteiger partial charge in [-0.2, -0.15) is 0 Å². The van der Waals surface area contributed by atoms with Gasteiger partial charge in [-0.1, -0.05) is 18.2 Å².